The molecule has 0 saturated carbocycles. The van der Waals surface area contributed by atoms with Gasteiger partial charge in [-0.25, -0.2) is 16.8 Å². The average molecular weight is 1100 g/mol. The van der Waals surface area contributed by atoms with Crippen molar-refractivity contribution in [3.05, 3.63) is 204 Å². The summed E-state index contributed by atoms with van der Waals surface area (Å²) < 4.78 is 55.7. The van der Waals surface area contributed by atoms with Gasteiger partial charge in [0.1, 0.15) is 5.75 Å². The van der Waals surface area contributed by atoms with Crippen LogP contribution in [0.25, 0.3) is 0 Å². The summed E-state index contributed by atoms with van der Waals surface area (Å²) in [5.41, 5.74) is 5.25. The van der Waals surface area contributed by atoms with E-state index >= 15 is 0 Å². The van der Waals surface area contributed by atoms with E-state index in [0.29, 0.717) is 53.4 Å². The van der Waals surface area contributed by atoms with Gasteiger partial charge in [-0.1, -0.05) is 54.1 Å². The number of hydrogen-bond donors (Lipinski definition) is 6. The molecule has 404 valence electrons. The van der Waals surface area contributed by atoms with Crippen LogP contribution in [0.5, 0.6) is 5.75 Å². The lowest BCUT2D eigenvalue weighted by Gasteiger charge is -2.17. The topological polar surface area (TPSA) is 272 Å². The summed E-state index contributed by atoms with van der Waals surface area (Å²) in [6.45, 7) is 3.86. The number of benzene rings is 5. The molecule has 5 aromatic carbocycles. The molecule has 0 aliphatic carbocycles. The standard InChI is InChI=1S/C21H20N4O4S.C20H18N2O3S.C16H20N2O4/c1-30(28,29)25-17-8-4-7-16(12-17)20(26)24-19-10-3-2-9-18(19)21(27)23-14-15-6-5-11-22-13-15;1-15-7-9-19(10-8-15)26(24,25)14-16-4-2-5-17(12-16)20(23)22-18-6-3-11-21-13-18;19-13-5-3-12(4-6-13)18-10-11(8-15(18)20)16(21)17-9-14-2-1-7-22-14/h2-13,25H,14H2,1H3,(H,23,27)(H,24,26);2-13H,14H2,1H3,(H,22,23);3-6,11,14,19H,1-2,7-10H2,(H,17,21). The van der Waals surface area contributed by atoms with Crippen LogP contribution in [-0.2, 0) is 46.5 Å². The highest BCUT2D eigenvalue weighted by Gasteiger charge is 2.35. The summed E-state index contributed by atoms with van der Waals surface area (Å²) >= 11 is 0. The summed E-state index contributed by atoms with van der Waals surface area (Å²) in [5.74, 6) is -1.63. The van der Waals surface area contributed by atoms with Crippen molar-refractivity contribution in [3.63, 3.8) is 0 Å². The second kappa shape index (κ2) is 26.8. The van der Waals surface area contributed by atoms with Crippen LogP contribution < -0.4 is 30.9 Å². The predicted octanol–water partition coefficient (Wildman–Crippen LogP) is 7.29. The smallest absolute Gasteiger partial charge is 0.255 e. The number of phenolic OH excluding ortho intramolecular Hbond substituents is 1. The fourth-order valence-corrected chi connectivity index (χ4v) is 10.0. The predicted molar refractivity (Wildman–Crippen MR) is 296 cm³/mol. The minimum Gasteiger partial charge on any atom is -0.508 e. The van der Waals surface area contributed by atoms with Crippen LogP contribution in [0.4, 0.5) is 22.7 Å². The van der Waals surface area contributed by atoms with Gasteiger partial charge in [-0.15, -0.1) is 0 Å². The molecule has 2 unspecified atom stereocenters. The monoisotopic (exact) mass is 1090 g/mol. The van der Waals surface area contributed by atoms with Crippen LogP contribution in [0.2, 0.25) is 0 Å². The minimum absolute atomic E-state index is 0.0667. The molecular weight excluding hydrogens is 1040 g/mol. The van der Waals surface area contributed by atoms with Gasteiger partial charge < -0.3 is 36.0 Å². The van der Waals surface area contributed by atoms with Crippen molar-refractivity contribution in [1.29, 1.82) is 0 Å². The third kappa shape index (κ3) is 17.1. The molecule has 9 rings (SSSR count). The van der Waals surface area contributed by atoms with E-state index in [1.54, 1.807) is 145 Å². The average Bonchev–Trinajstić information content (AvgIpc) is 4.14. The first-order chi connectivity index (χ1) is 37.4. The summed E-state index contributed by atoms with van der Waals surface area (Å²) in [4.78, 5) is 71.7. The van der Waals surface area contributed by atoms with E-state index in [1.807, 2.05) is 13.0 Å². The molecule has 2 atom stereocenters. The van der Waals surface area contributed by atoms with E-state index in [-0.39, 0.29) is 69.7 Å². The number of sulfonamides is 1. The quantitative estimate of drug-likeness (QED) is 0.0556. The molecular formula is C57H58N8O11S2. The van der Waals surface area contributed by atoms with Gasteiger partial charge in [-0.3, -0.25) is 38.7 Å². The molecule has 0 spiro atoms. The van der Waals surface area contributed by atoms with Crippen LogP contribution in [-0.4, -0.2) is 93.5 Å². The SMILES string of the molecule is CS(=O)(=O)Nc1cccc(C(=O)Nc2ccccc2C(=O)NCc2cccnc2)c1.Cc1ccc(S(=O)(=O)Cc2cccc(C(=O)Nc3cccnc3)c2)cc1.O=C(NCC1CCCO1)C1CC(=O)N(c2ccc(O)cc2)C1. The number of anilines is 4. The zero-order valence-electron chi connectivity index (χ0n) is 42.7. The Morgan fingerprint density at radius 1 is 0.705 bits per heavy atom. The van der Waals surface area contributed by atoms with Crippen LogP contribution in [0, 0.1) is 12.8 Å². The number of ether oxygens (including phenoxy) is 1. The largest absolute Gasteiger partial charge is 0.508 e. The number of hydrogen-bond acceptors (Lipinski definition) is 13. The van der Waals surface area contributed by atoms with Gasteiger partial charge in [0.2, 0.25) is 21.8 Å². The highest BCUT2D eigenvalue weighted by Crippen LogP contribution is 2.27. The lowest BCUT2D eigenvalue weighted by atomic mass is 10.1. The number of para-hydroxylation sites is 1. The van der Waals surface area contributed by atoms with E-state index in [4.69, 9.17) is 4.74 Å². The number of aromatic hydroxyl groups is 1. The summed E-state index contributed by atoms with van der Waals surface area (Å²) in [6.07, 6.45) is 9.84. The Morgan fingerprint density at radius 3 is 2.05 bits per heavy atom. The van der Waals surface area contributed by atoms with E-state index in [1.165, 1.54) is 24.3 Å². The van der Waals surface area contributed by atoms with Crippen molar-refractivity contribution in [2.75, 3.05) is 46.2 Å². The first-order valence-electron chi connectivity index (χ1n) is 24.6. The van der Waals surface area contributed by atoms with Crippen molar-refractivity contribution in [1.82, 2.24) is 20.6 Å². The summed E-state index contributed by atoms with van der Waals surface area (Å²) in [6, 6.07) is 39.6. The molecule has 5 amide bonds. The molecule has 78 heavy (non-hydrogen) atoms. The number of aryl methyl sites for hydroxylation is 1. The van der Waals surface area contributed by atoms with E-state index in [9.17, 15) is 45.9 Å². The fourth-order valence-electron chi connectivity index (χ4n) is 8.12. The van der Waals surface area contributed by atoms with Gasteiger partial charge in [0.25, 0.3) is 17.7 Å². The number of sulfone groups is 1. The fraction of sp³-hybridized carbons (Fsp3) is 0.211. The number of carbonyl (C=O) groups excluding carboxylic acids is 5. The van der Waals surface area contributed by atoms with Crippen molar-refractivity contribution in [2.24, 2.45) is 5.92 Å². The molecule has 6 N–H and O–H groups in total. The highest BCUT2D eigenvalue weighted by molar-refractivity contribution is 7.92. The number of carbonyl (C=O) groups is 5. The number of nitrogens with one attached hydrogen (secondary N) is 5. The van der Waals surface area contributed by atoms with Gasteiger partial charge in [0.15, 0.2) is 9.84 Å². The Kier molecular flexibility index (Phi) is 19.6. The van der Waals surface area contributed by atoms with Crippen molar-refractivity contribution >= 4 is 72.1 Å². The number of phenols is 1. The summed E-state index contributed by atoms with van der Waals surface area (Å²) in [7, 11) is -6.94. The van der Waals surface area contributed by atoms with Gasteiger partial charge in [-0.05, 0) is 128 Å². The Morgan fingerprint density at radius 2 is 1.37 bits per heavy atom. The molecule has 0 bridgehead atoms. The molecule has 2 aliphatic heterocycles. The zero-order valence-corrected chi connectivity index (χ0v) is 44.3. The molecule has 21 heteroatoms. The second-order valence-electron chi connectivity index (χ2n) is 18.3. The third-order valence-corrected chi connectivity index (χ3v) is 14.4. The van der Waals surface area contributed by atoms with Crippen molar-refractivity contribution < 1.29 is 50.7 Å². The molecule has 4 heterocycles. The van der Waals surface area contributed by atoms with Gasteiger partial charge in [-0.2, -0.15) is 0 Å². The van der Waals surface area contributed by atoms with Crippen LogP contribution in [0.1, 0.15) is 67.0 Å². The Balaban J connectivity index is 0.000000172. The first kappa shape index (κ1) is 56.9. The van der Waals surface area contributed by atoms with Crippen LogP contribution in [0.3, 0.4) is 0 Å². The van der Waals surface area contributed by atoms with Gasteiger partial charge in [0.05, 0.1) is 52.1 Å². The van der Waals surface area contributed by atoms with E-state index in [0.717, 1.165) is 36.8 Å². The number of pyridine rings is 2. The Bertz CT molecular complexity index is 3440. The van der Waals surface area contributed by atoms with Gasteiger partial charge in [0, 0.05) is 73.8 Å². The molecule has 2 aromatic heterocycles. The highest BCUT2D eigenvalue weighted by atomic mass is 32.2. The lowest BCUT2D eigenvalue weighted by Crippen LogP contribution is -2.37. The van der Waals surface area contributed by atoms with Crippen molar-refractivity contribution in [2.45, 2.75) is 49.5 Å². The van der Waals surface area contributed by atoms with Gasteiger partial charge >= 0.3 is 0 Å². The van der Waals surface area contributed by atoms with E-state index in [2.05, 4.69) is 36.0 Å². The maximum atomic E-state index is 12.7. The lowest BCUT2D eigenvalue weighted by molar-refractivity contribution is -0.126. The van der Waals surface area contributed by atoms with Crippen LogP contribution >= 0.6 is 0 Å². The second-order valence-corrected chi connectivity index (χ2v) is 22.0. The van der Waals surface area contributed by atoms with Crippen LogP contribution in [0.15, 0.2) is 175 Å². The normalized spacial score (nSPS) is 14.8. The Hall–Kier alpha value is -8.79. The molecule has 19 nitrogen and oxygen atoms in total. The zero-order chi connectivity index (χ0) is 55.7. The Labute approximate surface area is 452 Å². The van der Waals surface area contributed by atoms with E-state index < -0.39 is 25.8 Å². The molecule has 2 saturated heterocycles. The first-order valence-corrected chi connectivity index (χ1v) is 28.2. The number of aromatic nitrogens is 2. The number of nitrogens with zero attached hydrogens (tertiary/aromatic N) is 3. The maximum Gasteiger partial charge on any atom is 0.255 e. The molecule has 2 fully saturated rings. The minimum atomic E-state index is -3.47. The summed E-state index contributed by atoms with van der Waals surface area (Å²) in [5, 5.41) is 20.4. The number of rotatable bonds is 16. The third-order valence-electron chi connectivity index (χ3n) is 12.1. The maximum absolute atomic E-state index is 12.7. The number of amides is 5. The molecule has 0 radical (unpaired) electrons. The molecule has 7 aromatic rings. The van der Waals surface area contributed by atoms with Crippen molar-refractivity contribution in [3.8, 4) is 5.75 Å². The molecule has 2 aliphatic rings.